The summed E-state index contributed by atoms with van der Waals surface area (Å²) >= 11 is 0. The number of aliphatic hydroxyl groups excluding tert-OH is 1. The summed E-state index contributed by atoms with van der Waals surface area (Å²) in [5.74, 6) is 0. The van der Waals surface area contributed by atoms with Crippen LogP contribution in [-0.4, -0.2) is 18.3 Å². The smallest absolute Gasteiger partial charge is 0.327 e. The maximum Gasteiger partial charge on any atom is 0.327 e. The predicted molar refractivity (Wildman–Crippen MR) is 39.0 cm³/mol. The second-order valence-electron chi connectivity index (χ2n) is 1.91. The first-order valence-electron chi connectivity index (χ1n) is 3.02. The lowest BCUT2D eigenvalue weighted by Gasteiger charge is -1.92. The van der Waals surface area contributed by atoms with Gasteiger partial charge in [0.1, 0.15) is 0 Å². The van der Waals surface area contributed by atoms with Gasteiger partial charge in [-0.25, -0.2) is 4.57 Å². The molecule has 0 aromatic rings. The van der Waals surface area contributed by atoms with Crippen LogP contribution in [-0.2, 0) is 9.09 Å². The summed E-state index contributed by atoms with van der Waals surface area (Å²) < 4.78 is 14.2. The summed E-state index contributed by atoms with van der Waals surface area (Å²) in [5, 5.41) is 8.52. The van der Waals surface area contributed by atoms with Gasteiger partial charge in [0.25, 0.3) is 0 Å². The molecule has 0 rings (SSSR count). The molecule has 0 heterocycles. The molecule has 1 N–H and O–H groups in total. The minimum Gasteiger partial charge on any atom is -0.392 e. The Labute approximate surface area is 62.0 Å². The van der Waals surface area contributed by atoms with Crippen molar-refractivity contribution in [2.45, 2.75) is 13.3 Å². The molecular formula is C6H11O3P. The van der Waals surface area contributed by atoms with Crippen molar-refractivity contribution in [2.75, 3.05) is 13.2 Å². The molecule has 0 aliphatic carbocycles. The third-order valence-corrected chi connectivity index (χ3v) is 1.29. The highest BCUT2D eigenvalue weighted by Gasteiger charge is 1.85. The van der Waals surface area contributed by atoms with E-state index in [9.17, 15) is 4.57 Å². The molecule has 0 aliphatic rings. The van der Waals surface area contributed by atoms with E-state index in [0.29, 0.717) is 13.0 Å². The summed E-state index contributed by atoms with van der Waals surface area (Å²) in [6, 6.07) is 0. The van der Waals surface area contributed by atoms with E-state index < -0.39 is 0 Å². The molecule has 0 fully saturated rings. The first-order valence-corrected chi connectivity index (χ1v) is 3.75. The van der Waals surface area contributed by atoms with Crippen LogP contribution in [0.25, 0.3) is 0 Å². The molecular weight excluding hydrogens is 151 g/mol. The van der Waals surface area contributed by atoms with Crippen molar-refractivity contribution in [3.05, 3.63) is 11.6 Å². The van der Waals surface area contributed by atoms with Gasteiger partial charge in [0.2, 0.25) is 0 Å². The van der Waals surface area contributed by atoms with Gasteiger partial charge in [-0.15, -0.1) is 0 Å². The molecule has 4 heteroatoms. The number of hydrogen-bond donors (Lipinski definition) is 1. The number of aliphatic hydroxyl groups is 1. The van der Waals surface area contributed by atoms with Crippen LogP contribution in [0, 0.1) is 0 Å². The lowest BCUT2D eigenvalue weighted by molar-refractivity contribution is 0.328. The van der Waals surface area contributed by atoms with Crippen LogP contribution in [0.2, 0.25) is 0 Å². The summed E-state index contributed by atoms with van der Waals surface area (Å²) in [6.45, 7) is 2.34. The zero-order chi connectivity index (χ0) is 7.82. The summed E-state index contributed by atoms with van der Waals surface area (Å²) in [5.41, 5.74) is 0.908. The largest absolute Gasteiger partial charge is 0.392 e. The first-order chi connectivity index (χ1) is 4.81. The normalized spacial score (nSPS) is 12.4. The van der Waals surface area contributed by atoms with E-state index in [-0.39, 0.29) is 15.3 Å². The molecule has 0 aromatic heterocycles. The first kappa shape index (κ1) is 9.76. The van der Waals surface area contributed by atoms with E-state index in [1.807, 2.05) is 13.0 Å². The number of hydrogen-bond acceptors (Lipinski definition) is 3. The third kappa shape index (κ3) is 5.89. The van der Waals surface area contributed by atoms with Gasteiger partial charge in [-0.05, 0) is 13.3 Å². The topological polar surface area (TPSA) is 46.5 Å². The van der Waals surface area contributed by atoms with Crippen LogP contribution in [0.3, 0.4) is 0 Å². The van der Waals surface area contributed by atoms with Crippen LogP contribution in [0.5, 0.6) is 0 Å². The van der Waals surface area contributed by atoms with E-state index in [4.69, 9.17) is 5.11 Å². The van der Waals surface area contributed by atoms with Crippen molar-refractivity contribution in [3.63, 3.8) is 0 Å². The monoisotopic (exact) mass is 162 g/mol. The Bertz CT molecular complexity index is 122. The van der Waals surface area contributed by atoms with Crippen LogP contribution in [0.1, 0.15) is 13.3 Å². The molecule has 0 unspecified atom stereocenters. The molecule has 58 valence electrons. The van der Waals surface area contributed by atoms with Gasteiger partial charge in [0, 0.05) is 0 Å². The Kier molecular flexibility index (Phi) is 6.71. The van der Waals surface area contributed by atoms with Crippen molar-refractivity contribution in [1.82, 2.24) is 0 Å². The van der Waals surface area contributed by atoms with Crippen molar-refractivity contribution in [2.24, 2.45) is 0 Å². The molecule has 10 heavy (non-hydrogen) atoms. The van der Waals surface area contributed by atoms with Gasteiger partial charge in [-0.3, -0.25) is 4.52 Å². The second-order valence-corrected chi connectivity index (χ2v) is 2.31. The molecule has 0 aliphatic heterocycles. The molecule has 0 aromatic carbocycles. The van der Waals surface area contributed by atoms with Crippen molar-refractivity contribution >= 4 is 8.69 Å². The Balaban J connectivity index is 3.24. The fourth-order valence-corrected chi connectivity index (χ4v) is 0.640. The van der Waals surface area contributed by atoms with E-state index >= 15 is 0 Å². The Morgan fingerprint density at radius 3 is 3.00 bits per heavy atom. The van der Waals surface area contributed by atoms with Crippen molar-refractivity contribution in [1.29, 1.82) is 0 Å². The fraction of sp³-hybridized carbons (Fsp3) is 0.667. The van der Waals surface area contributed by atoms with Crippen LogP contribution in [0.4, 0.5) is 0 Å². The van der Waals surface area contributed by atoms with Crippen LogP contribution >= 0.6 is 8.69 Å². The summed E-state index contributed by atoms with van der Waals surface area (Å²) in [6.07, 6.45) is 2.55. The Morgan fingerprint density at radius 2 is 2.50 bits per heavy atom. The van der Waals surface area contributed by atoms with Gasteiger partial charge in [-0.2, -0.15) is 0 Å². The highest BCUT2D eigenvalue weighted by atomic mass is 31.1. The Hall–Kier alpha value is -0.240. The van der Waals surface area contributed by atoms with Crippen LogP contribution in [0.15, 0.2) is 11.6 Å². The Morgan fingerprint density at radius 1 is 1.80 bits per heavy atom. The van der Waals surface area contributed by atoms with Crippen LogP contribution < -0.4 is 0 Å². The minimum absolute atomic E-state index is 0.0785. The highest BCUT2D eigenvalue weighted by molar-refractivity contribution is 7.17. The molecule has 0 saturated heterocycles. The summed E-state index contributed by atoms with van der Waals surface area (Å²) in [4.78, 5) is 0. The molecule has 0 amide bonds. The van der Waals surface area contributed by atoms with Gasteiger partial charge < -0.3 is 5.11 Å². The van der Waals surface area contributed by atoms with Crippen molar-refractivity contribution < 1.29 is 14.2 Å². The van der Waals surface area contributed by atoms with Crippen molar-refractivity contribution in [3.8, 4) is 0 Å². The SMILES string of the molecule is CC(=CCCOP=O)CO. The van der Waals surface area contributed by atoms with E-state index in [1.165, 1.54) is 0 Å². The zero-order valence-electron chi connectivity index (χ0n) is 5.91. The lowest BCUT2D eigenvalue weighted by atomic mass is 10.2. The molecule has 0 saturated carbocycles. The standard InChI is InChI=1S/C6H11O3P/c1-6(5-7)3-2-4-9-10-8/h3,7H,2,4-5H2,1H3. The molecule has 0 bridgehead atoms. The van der Waals surface area contributed by atoms with Gasteiger partial charge in [-0.1, -0.05) is 11.6 Å². The van der Waals surface area contributed by atoms with Gasteiger partial charge in [0.15, 0.2) is 0 Å². The zero-order valence-corrected chi connectivity index (χ0v) is 6.80. The van der Waals surface area contributed by atoms with Gasteiger partial charge in [0.05, 0.1) is 13.2 Å². The fourth-order valence-electron chi connectivity index (χ4n) is 0.460. The molecule has 3 nitrogen and oxygen atoms in total. The minimum atomic E-state index is -0.280. The quantitative estimate of drug-likeness (QED) is 0.379. The van der Waals surface area contributed by atoms with E-state index in [2.05, 4.69) is 4.52 Å². The second kappa shape index (κ2) is 6.87. The van der Waals surface area contributed by atoms with E-state index in [1.54, 1.807) is 0 Å². The molecule has 0 radical (unpaired) electrons. The average Bonchev–Trinajstić information content (AvgIpc) is 1.98. The number of rotatable bonds is 5. The molecule has 0 atom stereocenters. The molecule has 0 spiro atoms. The maximum absolute atomic E-state index is 9.72. The summed E-state index contributed by atoms with van der Waals surface area (Å²) in [7, 11) is -0.280. The maximum atomic E-state index is 9.72. The average molecular weight is 162 g/mol. The third-order valence-electron chi connectivity index (χ3n) is 1.00. The highest BCUT2D eigenvalue weighted by Crippen LogP contribution is 1.98. The van der Waals surface area contributed by atoms with E-state index in [0.717, 1.165) is 5.57 Å². The van der Waals surface area contributed by atoms with Gasteiger partial charge >= 0.3 is 8.69 Å². The predicted octanol–water partition coefficient (Wildman–Crippen LogP) is 1.54. The lowest BCUT2D eigenvalue weighted by Crippen LogP contribution is -1.86.